The van der Waals surface area contributed by atoms with E-state index in [2.05, 4.69) is 24.0 Å². The van der Waals surface area contributed by atoms with Crippen molar-refractivity contribution in [1.82, 2.24) is 4.90 Å². The molecule has 0 aliphatic rings. The minimum absolute atomic E-state index is 0.746. The summed E-state index contributed by atoms with van der Waals surface area (Å²) >= 11 is 0. The molecule has 0 bridgehead atoms. The largest absolute Gasteiger partial charge is 0.497 e. The first-order chi connectivity index (χ1) is 8.30. The van der Waals surface area contributed by atoms with Gasteiger partial charge in [-0.15, -0.1) is 0 Å². The van der Waals surface area contributed by atoms with Gasteiger partial charge in [-0.3, -0.25) is 0 Å². The minimum atomic E-state index is 0.746. The fraction of sp³-hybridized carbons (Fsp3) is 0.571. The van der Waals surface area contributed by atoms with Crippen LogP contribution in [0.15, 0.2) is 24.3 Å². The van der Waals surface area contributed by atoms with Crippen LogP contribution in [0.5, 0.6) is 5.75 Å². The van der Waals surface area contributed by atoms with Gasteiger partial charge in [-0.25, -0.2) is 0 Å². The molecule has 1 rings (SSSR count). The Morgan fingerprint density at radius 2 is 1.88 bits per heavy atom. The summed E-state index contributed by atoms with van der Waals surface area (Å²) in [5, 5.41) is 0. The SMILES string of the molecule is CCN(CCN)CCCc1ccc(OC)cc1. The zero-order valence-corrected chi connectivity index (χ0v) is 11.0. The molecule has 3 nitrogen and oxygen atoms in total. The summed E-state index contributed by atoms with van der Waals surface area (Å²) in [4.78, 5) is 2.39. The Balaban J connectivity index is 2.29. The van der Waals surface area contributed by atoms with Crippen molar-refractivity contribution in [3.63, 3.8) is 0 Å². The highest BCUT2D eigenvalue weighted by atomic mass is 16.5. The molecule has 0 aliphatic heterocycles. The Hall–Kier alpha value is -1.06. The van der Waals surface area contributed by atoms with Gasteiger partial charge in [0, 0.05) is 13.1 Å². The molecule has 0 atom stereocenters. The van der Waals surface area contributed by atoms with Crippen LogP contribution in [0.3, 0.4) is 0 Å². The number of ether oxygens (including phenoxy) is 1. The van der Waals surface area contributed by atoms with E-state index in [4.69, 9.17) is 10.5 Å². The van der Waals surface area contributed by atoms with Crippen molar-refractivity contribution in [3.8, 4) is 5.75 Å². The van der Waals surface area contributed by atoms with Gasteiger partial charge in [0.1, 0.15) is 5.75 Å². The van der Waals surface area contributed by atoms with Crippen molar-refractivity contribution >= 4 is 0 Å². The maximum Gasteiger partial charge on any atom is 0.118 e. The summed E-state index contributed by atoms with van der Waals surface area (Å²) in [5.74, 6) is 0.923. The van der Waals surface area contributed by atoms with Gasteiger partial charge in [0.2, 0.25) is 0 Å². The summed E-state index contributed by atoms with van der Waals surface area (Å²) in [7, 11) is 1.70. The Bertz CT molecular complexity index is 298. The maximum atomic E-state index is 5.56. The molecule has 0 unspecified atom stereocenters. The summed E-state index contributed by atoms with van der Waals surface area (Å²) in [6.07, 6.45) is 2.30. The van der Waals surface area contributed by atoms with Gasteiger partial charge < -0.3 is 15.4 Å². The lowest BCUT2D eigenvalue weighted by Crippen LogP contribution is -2.30. The quantitative estimate of drug-likeness (QED) is 0.749. The molecule has 0 radical (unpaired) electrons. The molecule has 17 heavy (non-hydrogen) atoms. The van der Waals surface area contributed by atoms with Crippen molar-refractivity contribution in [3.05, 3.63) is 29.8 Å². The molecule has 0 aliphatic carbocycles. The molecular weight excluding hydrogens is 212 g/mol. The zero-order valence-electron chi connectivity index (χ0n) is 11.0. The molecule has 0 saturated heterocycles. The van der Waals surface area contributed by atoms with Crippen LogP contribution >= 0.6 is 0 Å². The van der Waals surface area contributed by atoms with Crippen LogP contribution in [-0.4, -0.2) is 38.2 Å². The number of rotatable bonds is 8. The fourth-order valence-corrected chi connectivity index (χ4v) is 1.91. The Labute approximate surface area is 105 Å². The van der Waals surface area contributed by atoms with Crippen molar-refractivity contribution in [1.29, 1.82) is 0 Å². The fourth-order valence-electron chi connectivity index (χ4n) is 1.91. The molecule has 2 N–H and O–H groups in total. The van der Waals surface area contributed by atoms with Crippen LogP contribution in [0.2, 0.25) is 0 Å². The predicted molar refractivity (Wildman–Crippen MR) is 72.5 cm³/mol. The molecule has 0 amide bonds. The van der Waals surface area contributed by atoms with E-state index in [-0.39, 0.29) is 0 Å². The first-order valence-electron chi connectivity index (χ1n) is 6.35. The molecule has 0 saturated carbocycles. The number of nitrogens with zero attached hydrogens (tertiary/aromatic N) is 1. The highest BCUT2D eigenvalue weighted by molar-refractivity contribution is 5.27. The van der Waals surface area contributed by atoms with E-state index in [0.717, 1.165) is 38.3 Å². The topological polar surface area (TPSA) is 38.5 Å². The molecule has 0 aromatic heterocycles. The van der Waals surface area contributed by atoms with E-state index >= 15 is 0 Å². The van der Waals surface area contributed by atoms with Crippen LogP contribution in [0.4, 0.5) is 0 Å². The van der Waals surface area contributed by atoms with Gasteiger partial charge in [-0.2, -0.15) is 0 Å². The van der Waals surface area contributed by atoms with Gasteiger partial charge in [0.15, 0.2) is 0 Å². The standard InChI is InChI=1S/C14H24N2O/c1-3-16(12-10-15)11-4-5-13-6-8-14(17-2)9-7-13/h6-9H,3-5,10-12,15H2,1-2H3. The first kappa shape index (κ1) is 14.0. The highest BCUT2D eigenvalue weighted by Crippen LogP contribution is 2.12. The molecule has 0 heterocycles. The van der Waals surface area contributed by atoms with E-state index in [1.165, 1.54) is 12.0 Å². The van der Waals surface area contributed by atoms with Gasteiger partial charge in [0.25, 0.3) is 0 Å². The van der Waals surface area contributed by atoms with E-state index in [1.54, 1.807) is 7.11 Å². The van der Waals surface area contributed by atoms with Crippen LogP contribution in [0.1, 0.15) is 18.9 Å². The van der Waals surface area contributed by atoms with Gasteiger partial charge in [0.05, 0.1) is 7.11 Å². The monoisotopic (exact) mass is 236 g/mol. The van der Waals surface area contributed by atoms with Gasteiger partial charge >= 0.3 is 0 Å². The lowest BCUT2D eigenvalue weighted by molar-refractivity contribution is 0.292. The number of nitrogens with two attached hydrogens (primary N) is 1. The molecule has 0 fully saturated rings. The Morgan fingerprint density at radius 3 is 2.41 bits per heavy atom. The highest BCUT2D eigenvalue weighted by Gasteiger charge is 2.01. The van der Waals surface area contributed by atoms with Crippen molar-refractivity contribution in [2.24, 2.45) is 5.73 Å². The summed E-state index contributed by atoms with van der Waals surface area (Å²) < 4.78 is 5.14. The molecule has 1 aromatic carbocycles. The third kappa shape index (κ3) is 5.20. The average Bonchev–Trinajstić information content (AvgIpc) is 2.38. The van der Waals surface area contributed by atoms with Crippen molar-refractivity contribution in [2.75, 3.05) is 33.3 Å². The number of hydrogen-bond donors (Lipinski definition) is 1. The van der Waals surface area contributed by atoms with Crippen LogP contribution < -0.4 is 10.5 Å². The number of aryl methyl sites for hydroxylation is 1. The Kier molecular flexibility index (Phi) is 6.67. The van der Waals surface area contributed by atoms with Crippen LogP contribution in [-0.2, 0) is 6.42 Å². The Morgan fingerprint density at radius 1 is 1.18 bits per heavy atom. The first-order valence-corrected chi connectivity index (χ1v) is 6.35. The lowest BCUT2D eigenvalue weighted by atomic mass is 10.1. The molecule has 3 heteroatoms. The smallest absolute Gasteiger partial charge is 0.118 e. The summed E-state index contributed by atoms with van der Waals surface area (Å²) in [6, 6.07) is 8.32. The van der Waals surface area contributed by atoms with E-state index < -0.39 is 0 Å². The zero-order chi connectivity index (χ0) is 12.5. The normalized spacial score (nSPS) is 10.8. The molecule has 0 spiro atoms. The number of benzene rings is 1. The molecular formula is C14H24N2O. The number of methoxy groups -OCH3 is 1. The minimum Gasteiger partial charge on any atom is -0.497 e. The predicted octanol–water partition coefficient (Wildman–Crippen LogP) is 1.91. The number of hydrogen-bond acceptors (Lipinski definition) is 3. The number of likely N-dealkylation sites (N-methyl/N-ethyl adjacent to an activating group) is 1. The summed E-state index contributed by atoms with van der Waals surface area (Å²) in [6.45, 7) is 6.14. The molecule has 96 valence electrons. The third-order valence-corrected chi connectivity index (χ3v) is 2.99. The third-order valence-electron chi connectivity index (χ3n) is 2.99. The van der Waals surface area contributed by atoms with Gasteiger partial charge in [-0.1, -0.05) is 19.1 Å². The second-order valence-corrected chi connectivity index (χ2v) is 4.17. The van der Waals surface area contributed by atoms with Crippen molar-refractivity contribution in [2.45, 2.75) is 19.8 Å². The molecule has 1 aromatic rings. The van der Waals surface area contributed by atoms with E-state index in [9.17, 15) is 0 Å². The van der Waals surface area contributed by atoms with Crippen LogP contribution in [0.25, 0.3) is 0 Å². The average molecular weight is 236 g/mol. The second-order valence-electron chi connectivity index (χ2n) is 4.17. The maximum absolute atomic E-state index is 5.56. The van der Waals surface area contributed by atoms with Gasteiger partial charge in [-0.05, 0) is 43.6 Å². The van der Waals surface area contributed by atoms with E-state index in [0.29, 0.717) is 0 Å². The second kappa shape index (κ2) is 8.09. The van der Waals surface area contributed by atoms with E-state index in [1.807, 2.05) is 12.1 Å². The lowest BCUT2D eigenvalue weighted by Gasteiger charge is -2.19. The van der Waals surface area contributed by atoms with Crippen LogP contribution in [0, 0.1) is 0 Å². The summed E-state index contributed by atoms with van der Waals surface area (Å²) in [5.41, 5.74) is 6.93. The van der Waals surface area contributed by atoms with Crippen molar-refractivity contribution < 1.29 is 4.74 Å².